The van der Waals surface area contributed by atoms with E-state index in [2.05, 4.69) is 15.6 Å². The van der Waals surface area contributed by atoms with Gasteiger partial charge in [0, 0.05) is 26.3 Å². The van der Waals surface area contributed by atoms with Gasteiger partial charge in [-0.15, -0.1) is 0 Å². The maximum atomic E-state index is 11.9. The first kappa shape index (κ1) is 14.7. The van der Waals surface area contributed by atoms with Crippen LogP contribution in [-0.2, 0) is 4.74 Å². The highest BCUT2D eigenvalue weighted by atomic mass is 35.5. The van der Waals surface area contributed by atoms with Crippen molar-refractivity contribution in [1.82, 2.24) is 10.3 Å². The Morgan fingerprint density at radius 3 is 2.89 bits per heavy atom. The van der Waals surface area contributed by atoms with Gasteiger partial charge in [-0.1, -0.05) is 18.5 Å². The highest BCUT2D eigenvalue weighted by Gasteiger charge is 2.10. The number of rotatable bonds is 6. The first-order chi connectivity index (χ1) is 8.56. The lowest BCUT2D eigenvalue weighted by Crippen LogP contribution is -2.30. The average Bonchev–Trinajstić information content (AvgIpc) is 2.35. The molecule has 0 aliphatic rings. The van der Waals surface area contributed by atoms with Gasteiger partial charge in [0.15, 0.2) is 0 Å². The average molecular weight is 272 g/mol. The summed E-state index contributed by atoms with van der Waals surface area (Å²) in [5, 5.41) is 5.97. The van der Waals surface area contributed by atoms with Crippen LogP contribution in [0.5, 0.6) is 0 Å². The fraction of sp³-hybridized carbons (Fsp3) is 0.500. The third-order valence-corrected chi connectivity index (χ3v) is 2.57. The Labute approximate surface area is 112 Å². The maximum Gasteiger partial charge on any atom is 0.251 e. The van der Waals surface area contributed by atoms with E-state index in [1.54, 1.807) is 26.3 Å². The van der Waals surface area contributed by atoms with Crippen molar-refractivity contribution >= 4 is 23.3 Å². The van der Waals surface area contributed by atoms with Crippen LogP contribution in [0.3, 0.4) is 0 Å². The molecule has 1 atom stereocenters. The van der Waals surface area contributed by atoms with Gasteiger partial charge in [-0.25, -0.2) is 4.98 Å². The van der Waals surface area contributed by atoms with Crippen LogP contribution in [-0.4, -0.2) is 38.2 Å². The number of hydrogen-bond donors (Lipinski definition) is 2. The van der Waals surface area contributed by atoms with Crippen molar-refractivity contribution in [1.29, 1.82) is 0 Å². The minimum absolute atomic E-state index is 0.168. The molecule has 1 aromatic rings. The molecule has 2 N–H and O–H groups in total. The molecule has 0 aliphatic carbocycles. The highest BCUT2D eigenvalue weighted by Crippen LogP contribution is 2.14. The number of hydrogen-bond acceptors (Lipinski definition) is 4. The summed E-state index contributed by atoms with van der Waals surface area (Å²) < 4.78 is 5.00. The summed E-state index contributed by atoms with van der Waals surface area (Å²) in [7, 11) is 3.36. The molecule has 0 bridgehead atoms. The SMILES string of the molecule is CNc1cc(C(=O)NCC(C)COC)cc(Cl)n1. The second-order valence-corrected chi connectivity index (χ2v) is 4.47. The van der Waals surface area contributed by atoms with Crippen LogP contribution in [0.4, 0.5) is 5.82 Å². The molecule has 100 valence electrons. The van der Waals surface area contributed by atoms with E-state index in [1.165, 1.54) is 0 Å². The quantitative estimate of drug-likeness (QED) is 0.775. The van der Waals surface area contributed by atoms with Crippen LogP contribution >= 0.6 is 11.6 Å². The lowest BCUT2D eigenvalue weighted by atomic mass is 10.2. The molecule has 6 heteroatoms. The van der Waals surface area contributed by atoms with Gasteiger partial charge in [0.25, 0.3) is 5.91 Å². The molecular formula is C12H18ClN3O2. The first-order valence-electron chi connectivity index (χ1n) is 5.69. The molecule has 0 aliphatic heterocycles. The Hall–Kier alpha value is -1.33. The summed E-state index contributed by atoms with van der Waals surface area (Å²) in [6.07, 6.45) is 0. The molecule has 0 radical (unpaired) electrons. The van der Waals surface area contributed by atoms with Crippen molar-refractivity contribution in [3.63, 3.8) is 0 Å². The van der Waals surface area contributed by atoms with Crippen LogP contribution in [0.25, 0.3) is 0 Å². The molecule has 1 unspecified atom stereocenters. The summed E-state index contributed by atoms with van der Waals surface area (Å²) in [4.78, 5) is 15.9. The molecular weight excluding hydrogens is 254 g/mol. The summed E-state index contributed by atoms with van der Waals surface area (Å²) in [6.45, 7) is 3.17. The van der Waals surface area contributed by atoms with Crippen LogP contribution in [0.1, 0.15) is 17.3 Å². The van der Waals surface area contributed by atoms with E-state index >= 15 is 0 Å². The number of nitrogens with zero attached hydrogens (tertiary/aromatic N) is 1. The van der Waals surface area contributed by atoms with E-state index in [4.69, 9.17) is 16.3 Å². The Morgan fingerprint density at radius 1 is 1.56 bits per heavy atom. The van der Waals surface area contributed by atoms with E-state index in [0.29, 0.717) is 24.5 Å². The van der Waals surface area contributed by atoms with Gasteiger partial charge in [0.2, 0.25) is 0 Å². The third kappa shape index (κ3) is 4.50. The van der Waals surface area contributed by atoms with Crippen molar-refractivity contribution in [2.24, 2.45) is 5.92 Å². The van der Waals surface area contributed by atoms with Crippen LogP contribution in [0, 0.1) is 5.92 Å². The van der Waals surface area contributed by atoms with Crippen LogP contribution in [0.15, 0.2) is 12.1 Å². The largest absolute Gasteiger partial charge is 0.384 e. The fourth-order valence-electron chi connectivity index (χ4n) is 1.47. The lowest BCUT2D eigenvalue weighted by molar-refractivity contribution is 0.0934. The molecule has 0 aromatic carbocycles. The van der Waals surface area contributed by atoms with Crippen LogP contribution < -0.4 is 10.6 Å². The number of pyridine rings is 1. The molecule has 0 spiro atoms. The van der Waals surface area contributed by atoms with Crippen molar-refractivity contribution in [2.45, 2.75) is 6.92 Å². The van der Waals surface area contributed by atoms with Gasteiger partial charge in [-0.05, 0) is 18.1 Å². The Balaban J connectivity index is 2.63. The van der Waals surface area contributed by atoms with Gasteiger partial charge >= 0.3 is 0 Å². The number of anilines is 1. The summed E-state index contributed by atoms with van der Waals surface area (Å²) >= 11 is 5.83. The minimum Gasteiger partial charge on any atom is -0.384 e. The molecule has 1 heterocycles. The highest BCUT2D eigenvalue weighted by molar-refractivity contribution is 6.29. The van der Waals surface area contributed by atoms with Crippen molar-refractivity contribution in [2.75, 3.05) is 32.6 Å². The summed E-state index contributed by atoms with van der Waals surface area (Å²) in [5.74, 6) is 0.663. The van der Waals surface area contributed by atoms with E-state index in [-0.39, 0.29) is 17.0 Å². The number of nitrogens with one attached hydrogen (secondary N) is 2. The number of carbonyl (C=O) groups is 1. The normalized spacial score (nSPS) is 12.0. The van der Waals surface area contributed by atoms with Crippen molar-refractivity contribution in [3.8, 4) is 0 Å². The van der Waals surface area contributed by atoms with E-state index in [0.717, 1.165) is 0 Å². The fourth-order valence-corrected chi connectivity index (χ4v) is 1.68. The Bertz CT molecular complexity index is 412. The molecule has 5 nitrogen and oxygen atoms in total. The number of amides is 1. The van der Waals surface area contributed by atoms with Gasteiger partial charge in [0.05, 0.1) is 6.61 Å². The second kappa shape index (κ2) is 7.18. The van der Waals surface area contributed by atoms with E-state index in [9.17, 15) is 4.79 Å². The predicted octanol–water partition coefficient (Wildman–Crippen LogP) is 1.79. The number of halogens is 1. The topological polar surface area (TPSA) is 63.2 Å². The number of carbonyl (C=O) groups excluding carboxylic acids is 1. The molecule has 1 amide bonds. The van der Waals surface area contributed by atoms with Crippen molar-refractivity contribution < 1.29 is 9.53 Å². The zero-order valence-corrected chi connectivity index (χ0v) is 11.5. The Morgan fingerprint density at radius 2 is 2.28 bits per heavy atom. The third-order valence-electron chi connectivity index (χ3n) is 2.37. The number of aromatic nitrogens is 1. The molecule has 0 saturated carbocycles. The standard InChI is InChI=1S/C12H18ClN3O2/c1-8(7-18-3)6-15-12(17)9-4-10(13)16-11(5-9)14-2/h4-5,8H,6-7H2,1-3H3,(H,14,16)(H,15,17). The molecule has 18 heavy (non-hydrogen) atoms. The monoisotopic (exact) mass is 271 g/mol. The molecule has 1 rings (SSSR count). The maximum absolute atomic E-state index is 11.9. The zero-order valence-electron chi connectivity index (χ0n) is 10.8. The van der Waals surface area contributed by atoms with E-state index in [1.807, 2.05) is 6.92 Å². The van der Waals surface area contributed by atoms with Gasteiger partial charge in [-0.2, -0.15) is 0 Å². The van der Waals surface area contributed by atoms with Crippen molar-refractivity contribution in [3.05, 3.63) is 22.8 Å². The van der Waals surface area contributed by atoms with E-state index < -0.39 is 0 Å². The smallest absolute Gasteiger partial charge is 0.251 e. The molecule has 0 fully saturated rings. The minimum atomic E-state index is -0.168. The van der Waals surface area contributed by atoms with Gasteiger partial charge in [0.1, 0.15) is 11.0 Å². The van der Waals surface area contributed by atoms with Gasteiger partial charge < -0.3 is 15.4 Å². The zero-order chi connectivity index (χ0) is 13.5. The first-order valence-corrected chi connectivity index (χ1v) is 6.07. The molecule has 0 saturated heterocycles. The summed E-state index contributed by atoms with van der Waals surface area (Å²) in [6, 6.07) is 3.20. The van der Waals surface area contributed by atoms with Crippen LogP contribution in [0.2, 0.25) is 5.15 Å². The predicted molar refractivity (Wildman–Crippen MR) is 72.2 cm³/mol. The second-order valence-electron chi connectivity index (χ2n) is 4.08. The number of ether oxygens (including phenoxy) is 1. The number of methoxy groups -OCH3 is 1. The lowest BCUT2D eigenvalue weighted by Gasteiger charge is -2.12. The van der Waals surface area contributed by atoms with Gasteiger partial charge in [-0.3, -0.25) is 4.79 Å². The molecule has 1 aromatic heterocycles. The summed E-state index contributed by atoms with van der Waals surface area (Å²) in [5.41, 5.74) is 0.490. The Kier molecular flexibility index (Phi) is 5.88.